The number of hydrogen-bond acceptors (Lipinski definition) is 3. The van der Waals surface area contributed by atoms with Crippen LogP contribution in [0.2, 0.25) is 0 Å². The second kappa shape index (κ2) is 8.79. The van der Waals surface area contributed by atoms with Crippen LogP contribution in [-0.4, -0.2) is 36.0 Å². The van der Waals surface area contributed by atoms with E-state index in [-0.39, 0.29) is 5.41 Å². The molecule has 0 N–H and O–H groups in total. The number of rotatable bonds is 5. The van der Waals surface area contributed by atoms with Gasteiger partial charge in [0.1, 0.15) is 11.5 Å². The second-order valence-corrected chi connectivity index (χ2v) is 9.50. The molecule has 0 unspecified atom stereocenters. The quantitative estimate of drug-likeness (QED) is 0.538. The van der Waals surface area contributed by atoms with Gasteiger partial charge in [0.2, 0.25) is 0 Å². The van der Waals surface area contributed by atoms with Crippen molar-refractivity contribution < 1.29 is 4.42 Å². The molecule has 3 heteroatoms. The molecule has 4 rings (SSSR count). The van der Waals surface area contributed by atoms with Crippen LogP contribution in [0.3, 0.4) is 0 Å². The summed E-state index contributed by atoms with van der Waals surface area (Å²) in [5.41, 5.74) is 4.07. The van der Waals surface area contributed by atoms with Crippen molar-refractivity contribution in [2.75, 3.05) is 26.2 Å². The van der Waals surface area contributed by atoms with Crippen molar-refractivity contribution in [2.24, 2.45) is 0 Å². The summed E-state index contributed by atoms with van der Waals surface area (Å²) in [5.74, 6) is 2.21. The smallest absolute Gasteiger partial charge is 0.121 e. The molecule has 1 aliphatic rings. The largest absolute Gasteiger partial charge is 0.464 e. The molecule has 1 saturated heterocycles. The minimum atomic E-state index is 0.0558. The normalized spacial score (nSPS) is 16.3. The van der Waals surface area contributed by atoms with Gasteiger partial charge in [-0.1, -0.05) is 81.4 Å². The average Bonchev–Trinajstić information content (AvgIpc) is 3.12. The van der Waals surface area contributed by atoms with Gasteiger partial charge in [-0.25, -0.2) is 0 Å². The molecule has 158 valence electrons. The Labute approximate surface area is 181 Å². The van der Waals surface area contributed by atoms with Crippen LogP contribution < -0.4 is 0 Å². The first-order valence-corrected chi connectivity index (χ1v) is 11.1. The number of hydrogen-bond donors (Lipinski definition) is 0. The third kappa shape index (κ3) is 4.69. The van der Waals surface area contributed by atoms with Crippen LogP contribution >= 0.6 is 0 Å². The maximum atomic E-state index is 6.24. The van der Waals surface area contributed by atoms with Gasteiger partial charge in [0, 0.05) is 31.6 Å². The molecule has 0 amide bonds. The Bertz CT molecular complexity index is 892. The van der Waals surface area contributed by atoms with Crippen molar-refractivity contribution in [3.8, 4) is 0 Å². The number of aryl methyl sites for hydroxylation is 1. The monoisotopic (exact) mass is 402 g/mol. The summed E-state index contributed by atoms with van der Waals surface area (Å²) in [6.45, 7) is 13.9. The van der Waals surface area contributed by atoms with Gasteiger partial charge < -0.3 is 4.42 Å². The van der Waals surface area contributed by atoms with Crippen molar-refractivity contribution in [2.45, 2.75) is 45.7 Å². The summed E-state index contributed by atoms with van der Waals surface area (Å²) in [5, 5.41) is 0. The molecular formula is C27H34N2O. The standard InChI is InChI=1S/C27H34N2O/c1-21-19-25(27(2,3)4)30-24(21)20-28-15-17-29(18-16-28)26(22-11-7-5-8-12-22)23-13-9-6-10-14-23/h5-14,19,26H,15-18,20H2,1-4H3. The zero-order valence-electron chi connectivity index (χ0n) is 18.8. The lowest BCUT2D eigenvalue weighted by atomic mass is 9.93. The highest BCUT2D eigenvalue weighted by molar-refractivity contribution is 5.32. The highest BCUT2D eigenvalue weighted by Crippen LogP contribution is 2.31. The molecule has 0 aliphatic carbocycles. The predicted molar refractivity (Wildman–Crippen MR) is 124 cm³/mol. The summed E-state index contributed by atoms with van der Waals surface area (Å²) in [7, 11) is 0. The molecule has 2 heterocycles. The first-order chi connectivity index (χ1) is 14.4. The first-order valence-electron chi connectivity index (χ1n) is 11.1. The maximum Gasteiger partial charge on any atom is 0.121 e. The fourth-order valence-electron chi connectivity index (χ4n) is 4.31. The van der Waals surface area contributed by atoms with Gasteiger partial charge in [-0.2, -0.15) is 0 Å². The van der Waals surface area contributed by atoms with Gasteiger partial charge in [0.15, 0.2) is 0 Å². The van der Waals surface area contributed by atoms with E-state index in [1.807, 2.05) is 0 Å². The molecule has 3 nitrogen and oxygen atoms in total. The van der Waals surface area contributed by atoms with Crippen molar-refractivity contribution in [1.29, 1.82) is 0 Å². The highest BCUT2D eigenvalue weighted by Gasteiger charge is 2.27. The van der Waals surface area contributed by atoms with E-state index in [2.05, 4.69) is 104 Å². The summed E-state index contributed by atoms with van der Waals surface area (Å²) in [4.78, 5) is 5.15. The third-order valence-electron chi connectivity index (χ3n) is 6.13. The second-order valence-electron chi connectivity index (χ2n) is 9.50. The van der Waals surface area contributed by atoms with Crippen LogP contribution in [-0.2, 0) is 12.0 Å². The molecule has 2 aromatic carbocycles. The van der Waals surface area contributed by atoms with Crippen LogP contribution in [0.4, 0.5) is 0 Å². The molecule has 30 heavy (non-hydrogen) atoms. The Balaban J connectivity index is 1.46. The van der Waals surface area contributed by atoms with Gasteiger partial charge in [-0.15, -0.1) is 0 Å². The van der Waals surface area contributed by atoms with Gasteiger partial charge in [0.25, 0.3) is 0 Å². The van der Waals surface area contributed by atoms with E-state index in [1.165, 1.54) is 16.7 Å². The Morgan fingerprint density at radius 1 is 0.833 bits per heavy atom. The van der Waals surface area contributed by atoms with E-state index in [0.29, 0.717) is 6.04 Å². The molecule has 0 bridgehead atoms. The summed E-state index contributed by atoms with van der Waals surface area (Å²) in [6, 6.07) is 24.3. The molecule has 1 aromatic heterocycles. The molecule has 0 saturated carbocycles. The van der Waals surface area contributed by atoms with Gasteiger partial charge >= 0.3 is 0 Å². The Kier molecular flexibility index (Phi) is 6.12. The van der Waals surface area contributed by atoms with Crippen molar-refractivity contribution in [1.82, 2.24) is 9.80 Å². The Morgan fingerprint density at radius 2 is 1.37 bits per heavy atom. The molecular weight excluding hydrogens is 368 g/mol. The summed E-state index contributed by atoms with van der Waals surface area (Å²) in [6.07, 6.45) is 0. The number of nitrogens with zero attached hydrogens (tertiary/aromatic N) is 2. The van der Waals surface area contributed by atoms with Gasteiger partial charge in [-0.3, -0.25) is 9.80 Å². The minimum Gasteiger partial charge on any atom is -0.464 e. The SMILES string of the molecule is Cc1cc(C(C)(C)C)oc1CN1CCN(C(c2ccccc2)c2ccccc2)CC1. The molecule has 3 aromatic rings. The third-order valence-corrected chi connectivity index (χ3v) is 6.13. The summed E-state index contributed by atoms with van der Waals surface area (Å²) < 4.78 is 6.24. The zero-order valence-corrected chi connectivity index (χ0v) is 18.8. The van der Waals surface area contributed by atoms with Crippen LogP contribution in [0.15, 0.2) is 71.1 Å². The molecule has 1 aliphatic heterocycles. The zero-order chi connectivity index (χ0) is 21.1. The van der Waals surface area contributed by atoms with Gasteiger partial charge in [-0.05, 0) is 29.7 Å². The van der Waals surface area contributed by atoms with E-state index in [4.69, 9.17) is 4.42 Å². The van der Waals surface area contributed by atoms with Crippen molar-refractivity contribution in [3.05, 3.63) is 94.9 Å². The van der Waals surface area contributed by atoms with Crippen LogP contribution in [0.5, 0.6) is 0 Å². The number of benzene rings is 2. The van der Waals surface area contributed by atoms with Crippen LogP contribution in [0.1, 0.15) is 55.0 Å². The minimum absolute atomic E-state index is 0.0558. The molecule has 0 atom stereocenters. The Morgan fingerprint density at radius 3 is 1.83 bits per heavy atom. The lowest BCUT2D eigenvalue weighted by Gasteiger charge is -2.39. The van der Waals surface area contributed by atoms with Crippen molar-refractivity contribution >= 4 is 0 Å². The maximum absolute atomic E-state index is 6.24. The van der Waals surface area contributed by atoms with E-state index in [1.54, 1.807) is 0 Å². The molecule has 0 radical (unpaired) electrons. The average molecular weight is 403 g/mol. The fourth-order valence-corrected chi connectivity index (χ4v) is 4.31. The lowest BCUT2D eigenvalue weighted by molar-refractivity contribution is 0.0988. The van der Waals surface area contributed by atoms with Crippen molar-refractivity contribution in [3.63, 3.8) is 0 Å². The Hall–Kier alpha value is -2.36. The first kappa shape index (κ1) is 20.9. The number of furan rings is 1. The van der Waals surface area contributed by atoms with E-state index >= 15 is 0 Å². The lowest BCUT2D eigenvalue weighted by Crippen LogP contribution is -2.47. The molecule has 1 fully saturated rings. The number of piperazine rings is 1. The topological polar surface area (TPSA) is 19.6 Å². The predicted octanol–water partition coefficient (Wildman–Crippen LogP) is 5.79. The summed E-state index contributed by atoms with van der Waals surface area (Å²) >= 11 is 0. The van der Waals surface area contributed by atoms with E-state index < -0.39 is 0 Å². The van der Waals surface area contributed by atoms with E-state index in [9.17, 15) is 0 Å². The highest BCUT2D eigenvalue weighted by atomic mass is 16.3. The molecule has 0 spiro atoms. The van der Waals surface area contributed by atoms with Gasteiger partial charge in [0.05, 0.1) is 12.6 Å². The fraction of sp³-hybridized carbons (Fsp3) is 0.407. The van der Waals surface area contributed by atoms with E-state index in [0.717, 1.165) is 44.2 Å². The van der Waals surface area contributed by atoms with Crippen LogP contribution in [0.25, 0.3) is 0 Å². The van der Waals surface area contributed by atoms with Crippen LogP contribution in [0, 0.1) is 6.92 Å².